The number of amides is 1. The van der Waals surface area contributed by atoms with Crippen molar-refractivity contribution in [2.24, 2.45) is 0 Å². The highest BCUT2D eigenvalue weighted by atomic mass is 16.5. The lowest BCUT2D eigenvalue weighted by atomic mass is 10.3. The number of benzene rings is 1. The van der Waals surface area contributed by atoms with Gasteiger partial charge >= 0.3 is 5.91 Å². The quantitative estimate of drug-likeness (QED) is 0.455. The van der Waals surface area contributed by atoms with Gasteiger partial charge in [0.25, 0.3) is 5.69 Å². The second kappa shape index (κ2) is 6.00. The Labute approximate surface area is 142 Å². The third kappa shape index (κ3) is 2.88. The van der Waals surface area contributed by atoms with E-state index in [4.69, 9.17) is 0 Å². The summed E-state index contributed by atoms with van der Waals surface area (Å²) >= 11 is 0. The minimum atomic E-state index is -0.514. The van der Waals surface area contributed by atoms with Gasteiger partial charge in [0.2, 0.25) is 0 Å². The molecule has 3 heterocycles. The molecule has 0 radical (unpaired) electrons. The molecule has 1 N–H and O–H groups in total. The summed E-state index contributed by atoms with van der Waals surface area (Å²) in [5.41, 5.74) is 1.98. The molecule has 3 aromatic heterocycles. The van der Waals surface area contributed by atoms with Crippen molar-refractivity contribution in [1.82, 2.24) is 19.7 Å². The Bertz CT molecular complexity index is 1080. The van der Waals surface area contributed by atoms with E-state index in [0.717, 1.165) is 11.0 Å². The average Bonchev–Trinajstić information content (AvgIpc) is 3.10. The van der Waals surface area contributed by atoms with Crippen LogP contribution in [0.3, 0.4) is 0 Å². The summed E-state index contributed by atoms with van der Waals surface area (Å²) in [5, 5.41) is 18.4. The molecule has 122 valence electrons. The second-order valence-electron chi connectivity index (χ2n) is 5.26. The third-order valence-electron chi connectivity index (χ3n) is 3.57. The number of rotatable bonds is 3. The second-order valence-corrected chi connectivity index (χ2v) is 5.26. The lowest BCUT2D eigenvalue weighted by molar-refractivity contribution is -0.607. The fourth-order valence-corrected chi connectivity index (χ4v) is 2.37. The van der Waals surface area contributed by atoms with E-state index in [2.05, 4.69) is 20.4 Å². The van der Waals surface area contributed by atoms with Crippen LogP contribution in [0.5, 0.6) is 0 Å². The summed E-state index contributed by atoms with van der Waals surface area (Å²) in [7, 11) is 0. The Morgan fingerprint density at radius 1 is 1.08 bits per heavy atom. The molecule has 4 rings (SSSR count). The van der Waals surface area contributed by atoms with E-state index >= 15 is 0 Å². The molecule has 0 unspecified atom stereocenters. The van der Waals surface area contributed by atoms with E-state index in [0.29, 0.717) is 16.2 Å². The molecule has 0 fully saturated rings. The van der Waals surface area contributed by atoms with Crippen LogP contribution in [0, 0.1) is 5.21 Å². The number of nitrogens with zero attached hydrogens (tertiary/aromatic N) is 5. The van der Waals surface area contributed by atoms with Crippen LogP contribution in [-0.4, -0.2) is 25.7 Å². The highest BCUT2D eigenvalue weighted by molar-refractivity contribution is 6.01. The van der Waals surface area contributed by atoms with Crippen LogP contribution in [0.2, 0.25) is 0 Å². The van der Waals surface area contributed by atoms with Gasteiger partial charge in [0.05, 0.1) is 35.3 Å². The Morgan fingerprint density at radius 2 is 1.88 bits per heavy atom. The number of hydrogen-bond acceptors (Lipinski definition) is 5. The van der Waals surface area contributed by atoms with Gasteiger partial charge in [-0.15, -0.1) is 0 Å². The van der Waals surface area contributed by atoms with E-state index < -0.39 is 5.91 Å². The van der Waals surface area contributed by atoms with Crippen molar-refractivity contribution in [2.75, 3.05) is 5.32 Å². The number of carbonyl (C=O) groups excluding carboxylic acids is 1. The molecule has 0 saturated heterocycles. The van der Waals surface area contributed by atoms with Crippen LogP contribution < -0.4 is 10.0 Å². The van der Waals surface area contributed by atoms with Crippen LogP contribution in [0.15, 0.2) is 67.3 Å². The SMILES string of the molecule is O=C(Nc1cnn(-c2cnc3ccccc3n2)c1)c1cccc[n+]1[O-]. The zero-order chi connectivity index (χ0) is 17.2. The molecular weight excluding hydrogens is 320 g/mol. The fraction of sp³-hybridized carbons (Fsp3) is 0. The zero-order valence-electron chi connectivity index (χ0n) is 12.9. The number of anilines is 1. The third-order valence-corrected chi connectivity index (χ3v) is 3.57. The molecule has 25 heavy (non-hydrogen) atoms. The van der Waals surface area contributed by atoms with Crippen LogP contribution >= 0.6 is 0 Å². The maximum Gasteiger partial charge on any atom is 0.321 e. The number of pyridine rings is 1. The number of nitrogens with one attached hydrogen (secondary N) is 1. The van der Waals surface area contributed by atoms with Gasteiger partial charge in [-0.1, -0.05) is 12.1 Å². The van der Waals surface area contributed by atoms with Crippen molar-refractivity contribution in [3.63, 3.8) is 0 Å². The van der Waals surface area contributed by atoms with Crippen LogP contribution in [0.4, 0.5) is 5.69 Å². The predicted octanol–water partition coefficient (Wildman–Crippen LogP) is 1.70. The summed E-state index contributed by atoms with van der Waals surface area (Å²) in [6.07, 6.45) is 5.95. The Hall–Kier alpha value is -3.81. The van der Waals surface area contributed by atoms with E-state index in [9.17, 15) is 10.0 Å². The first-order valence-corrected chi connectivity index (χ1v) is 7.47. The molecule has 0 aliphatic carbocycles. The van der Waals surface area contributed by atoms with Gasteiger partial charge in [0, 0.05) is 12.1 Å². The molecule has 1 aromatic carbocycles. The molecule has 1 amide bonds. The summed E-state index contributed by atoms with van der Waals surface area (Å²) in [5.74, 6) is 0.0116. The monoisotopic (exact) mass is 332 g/mol. The average molecular weight is 332 g/mol. The van der Waals surface area contributed by atoms with Gasteiger partial charge < -0.3 is 10.5 Å². The largest absolute Gasteiger partial charge is 0.618 e. The number of carbonyl (C=O) groups is 1. The van der Waals surface area contributed by atoms with E-state index in [1.807, 2.05) is 24.3 Å². The highest BCUT2D eigenvalue weighted by Crippen LogP contribution is 2.13. The van der Waals surface area contributed by atoms with Crippen molar-refractivity contribution in [2.45, 2.75) is 0 Å². The van der Waals surface area contributed by atoms with Crippen LogP contribution in [0.1, 0.15) is 10.5 Å². The topological polar surface area (TPSA) is 99.6 Å². The zero-order valence-corrected chi connectivity index (χ0v) is 12.9. The van der Waals surface area contributed by atoms with E-state index in [-0.39, 0.29) is 5.69 Å². The first-order valence-electron chi connectivity index (χ1n) is 7.47. The van der Waals surface area contributed by atoms with Crippen molar-refractivity contribution in [3.05, 3.63) is 78.2 Å². The van der Waals surface area contributed by atoms with Gasteiger partial charge in [-0.2, -0.15) is 9.83 Å². The van der Waals surface area contributed by atoms with Gasteiger partial charge in [-0.25, -0.2) is 9.67 Å². The molecule has 0 atom stereocenters. The standard InChI is InChI=1S/C17H12N6O2/c24-17(15-7-3-4-8-23(15)25)20-12-9-19-22(11-12)16-10-18-13-5-1-2-6-14(13)21-16/h1-11H,(H,20,24). The van der Waals surface area contributed by atoms with Crippen molar-refractivity contribution in [3.8, 4) is 5.82 Å². The van der Waals surface area contributed by atoms with Gasteiger partial charge in [-0.05, 0) is 18.2 Å². The summed E-state index contributed by atoms with van der Waals surface area (Å²) in [4.78, 5) is 21.0. The summed E-state index contributed by atoms with van der Waals surface area (Å²) in [6.45, 7) is 0. The maximum absolute atomic E-state index is 12.2. The molecule has 0 spiro atoms. The van der Waals surface area contributed by atoms with Crippen LogP contribution in [0.25, 0.3) is 16.9 Å². The van der Waals surface area contributed by atoms with Gasteiger partial charge in [0.1, 0.15) is 0 Å². The Kier molecular flexibility index (Phi) is 3.55. The number of aromatic nitrogens is 5. The van der Waals surface area contributed by atoms with Crippen molar-refractivity contribution >= 4 is 22.6 Å². The molecule has 8 nitrogen and oxygen atoms in total. The summed E-state index contributed by atoms with van der Waals surface area (Å²) in [6, 6.07) is 12.1. The molecule has 0 aliphatic rings. The molecular formula is C17H12N6O2. The molecule has 0 saturated carbocycles. The number of para-hydroxylation sites is 2. The minimum Gasteiger partial charge on any atom is -0.618 e. The molecule has 0 aliphatic heterocycles. The fourth-order valence-electron chi connectivity index (χ4n) is 2.37. The lowest BCUT2D eigenvalue weighted by Gasteiger charge is -2.03. The molecule has 4 aromatic rings. The first kappa shape index (κ1) is 14.8. The predicted molar refractivity (Wildman–Crippen MR) is 90.0 cm³/mol. The van der Waals surface area contributed by atoms with E-state index in [1.165, 1.54) is 23.1 Å². The normalized spacial score (nSPS) is 10.7. The first-order chi connectivity index (χ1) is 12.2. The van der Waals surface area contributed by atoms with Crippen LogP contribution in [-0.2, 0) is 0 Å². The Balaban J connectivity index is 1.59. The van der Waals surface area contributed by atoms with E-state index in [1.54, 1.807) is 24.5 Å². The van der Waals surface area contributed by atoms with Crippen molar-refractivity contribution < 1.29 is 9.52 Å². The number of hydrogen-bond donors (Lipinski definition) is 1. The highest BCUT2D eigenvalue weighted by Gasteiger charge is 2.16. The van der Waals surface area contributed by atoms with Crippen molar-refractivity contribution in [1.29, 1.82) is 0 Å². The van der Waals surface area contributed by atoms with Gasteiger partial charge in [-0.3, -0.25) is 9.78 Å². The smallest absolute Gasteiger partial charge is 0.321 e. The Morgan fingerprint density at radius 3 is 2.72 bits per heavy atom. The number of fused-ring (bicyclic) bond motifs is 1. The van der Waals surface area contributed by atoms with Gasteiger partial charge in [0.15, 0.2) is 12.0 Å². The lowest BCUT2D eigenvalue weighted by Crippen LogP contribution is -2.36. The summed E-state index contributed by atoms with van der Waals surface area (Å²) < 4.78 is 2.01. The molecule has 0 bridgehead atoms. The maximum atomic E-state index is 12.2. The molecule has 8 heteroatoms. The minimum absolute atomic E-state index is 0.000691.